The first-order chi connectivity index (χ1) is 10.1. The van der Waals surface area contributed by atoms with Crippen LogP contribution in [0.1, 0.15) is 10.7 Å². The zero-order valence-electron chi connectivity index (χ0n) is 11.5. The average Bonchev–Trinajstić information content (AvgIpc) is 3.13. The highest BCUT2D eigenvalue weighted by Gasteiger charge is 2.17. The second kappa shape index (κ2) is 4.26. The van der Waals surface area contributed by atoms with E-state index in [2.05, 4.69) is 20.3 Å². The van der Waals surface area contributed by atoms with Crippen LogP contribution in [0.2, 0.25) is 0 Å². The Balaban J connectivity index is 1.98. The third-order valence-electron chi connectivity index (χ3n) is 3.50. The van der Waals surface area contributed by atoms with E-state index in [9.17, 15) is 4.79 Å². The van der Waals surface area contributed by atoms with Gasteiger partial charge in [0.1, 0.15) is 5.52 Å². The summed E-state index contributed by atoms with van der Waals surface area (Å²) in [7, 11) is 1.87. The van der Waals surface area contributed by atoms with E-state index in [1.54, 1.807) is 23.7 Å². The molecule has 21 heavy (non-hydrogen) atoms. The first kappa shape index (κ1) is 12.3. The summed E-state index contributed by atoms with van der Waals surface area (Å²) in [5.74, 6) is 0. The number of aryl methyl sites for hydroxylation is 2. The largest absolute Gasteiger partial charge is 0.323 e. The highest BCUT2D eigenvalue weighted by molar-refractivity contribution is 7.19. The van der Waals surface area contributed by atoms with Gasteiger partial charge in [-0.25, -0.2) is 9.67 Å². The number of H-pyrrole nitrogens is 1. The number of rotatable bonds is 2. The van der Waals surface area contributed by atoms with Crippen molar-refractivity contribution in [1.29, 1.82) is 0 Å². The molecular formula is C13H12N6OS. The van der Waals surface area contributed by atoms with E-state index in [0.29, 0.717) is 12.1 Å². The average molecular weight is 300 g/mol. The van der Waals surface area contributed by atoms with Crippen LogP contribution in [-0.2, 0) is 13.6 Å². The molecular weight excluding hydrogens is 288 g/mol. The molecule has 0 aromatic carbocycles. The normalized spacial score (nSPS) is 11.7. The van der Waals surface area contributed by atoms with Crippen molar-refractivity contribution in [3.05, 3.63) is 39.5 Å². The quantitative estimate of drug-likeness (QED) is 0.607. The lowest BCUT2D eigenvalue weighted by molar-refractivity contribution is 0.631. The fraction of sp³-hybridized carbons (Fsp3) is 0.231. The van der Waals surface area contributed by atoms with Crippen LogP contribution in [-0.4, -0.2) is 29.5 Å². The van der Waals surface area contributed by atoms with Crippen LogP contribution in [0.15, 0.2) is 23.3 Å². The second-order valence-corrected chi connectivity index (χ2v) is 6.08. The van der Waals surface area contributed by atoms with E-state index in [4.69, 9.17) is 0 Å². The standard InChI is InChI=1S/C13H12N6OS/c1-7-16-12-11(21-7)9-5-15-19(6-8-3-4-14-17-8)13(20)10(9)18(12)2/h3-5H,6H2,1-2H3,(H,14,17). The van der Waals surface area contributed by atoms with Gasteiger partial charge in [0, 0.05) is 18.6 Å². The van der Waals surface area contributed by atoms with Crippen LogP contribution in [0.3, 0.4) is 0 Å². The van der Waals surface area contributed by atoms with Gasteiger partial charge in [-0.05, 0) is 13.0 Å². The summed E-state index contributed by atoms with van der Waals surface area (Å²) in [5, 5.41) is 12.9. The van der Waals surface area contributed by atoms with Crippen LogP contribution in [0, 0.1) is 6.92 Å². The predicted molar refractivity (Wildman–Crippen MR) is 80.6 cm³/mol. The summed E-state index contributed by atoms with van der Waals surface area (Å²) in [6.07, 6.45) is 3.47. The van der Waals surface area contributed by atoms with Crippen LogP contribution in [0.25, 0.3) is 21.3 Å². The van der Waals surface area contributed by atoms with Crippen LogP contribution >= 0.6 is 11.3 Å². The summed E-state index contributed by atoms with van der Waals surface area (Å²) in [5.41, 5.74) is 2.12. The Bertz CT molecular complexity index is 1010. The summed E-state index contributed by atoms with van der Waals surface area (Å²) in [6, 6.07) is 1.83. The fourth-order valence-electron chi connectivity index (χ4n) is 2.54. The van der Waals surface area contributed by atoms with Crippen molar-refractivity contribution >= 4 is 32.6 Å². The molecule has 7 nitrogen and oxygen atoms in total. The zero-order valence-corrected chi connectivity index (χ0v) is 12.3. The molecule has 0 unspecified atom stereocenters. The molecule has 0 saturated heterocycles. The molecule has 0 bridgehead atoms. The first-order valence-electron chi connectivity index (χ1n) is 6.45. The van der Waals surface area contributed by atoms with Gasteiger partial charge in [-0.2, -0.15) is 10.2 Å². The SMILES string of the molecule is Cc1nc2c(s1)c1cnn(Cc3cc[nH]n3)c(=O)c1n2C. The monoisotopic (exact) mass is 300 g/mol. The van der Waals surface area contributed by atoms with Crippen LogP contribution < -0.4 is 5.56 Å². The number of nitrogens with zero attached hydrogens (tertiary/aromatic N) is 5. The lowest BCUT2D eigenvalue weighted by Crippen LogP contribution is -2.24. The van der Waals surface area contributed by atoms with Gasteiger partial charge in [-0.3, -0.25) is 9.89 Å². The van der Waals surface area contributed by atoms with E-state index in [1.807, 2.05) is 24.6 Å². The Hall–Kier alpha value is -2.48. The molecule has 0 fully saturated rings. The van der Waals surface area contributed by atoms with Crippen molar-refractivity contribution in [2.75, 3.05) is 0 Å². The van der Waals surface area contributed by atoms with Gasteiger partial charge in [-0.1, -0.05) is 0 Å². The zero-order chi connectivity index (χ0) is 14.6. The Morgan fingerprint density at radius 2 is 2.29 bits per heavy atom. The maximum absolute atomic E-state index is 12.6. The number of aromatic nitrogens is 6. The molecule has 8 heteroatoms. The van der Waals surface area contributed by atoms with E-state index < -0.39 is 0 Å². The Labute approximate surface area is 122 Å². The maximum Gasteiger partial charge on any atom is 0.291 e. The molecule has 0 amide bonds. The topological polar surface area (TPSA) is 81.4 Å². The van der Waals surface area contributed by atoms with Gasteiger partial charge in [0.15, 0.2) is 5.65 Å². The van der Waals surface area contributed by atoms with E-state index in [0.717, 1.165) is 26.4 Å². The number of thiazole rings is 1. The third kappa shape index (κ3) is 1.72. The molecule has 0 spiro atoms. The van der Waals surface area contributed by atoms with E-state index in [-0.39, 0.29) is 5.56 Å². The van der Waals surface area contributed by atoms with Crippen molar-refractivity contribution < 1.29 is 0 Å². The van der Waals surface area contributed by atoms with Gasteiger partial charge in [0.2, 0.25) is 0 Å². The predicted octanol–water partition coefficient (Wildman–Crippen LogP) is 1.42. The molecule has 4 aromatic heterocycles. The first-order valence-corrected chi connectivity index (χ1v) is 7.27. The summed E-state index contributed by atoms with van der Waals surface area (Å²) in [4.78, 5) is 17.1. The highest BCUT2D eigenvalue weighted by atomic mass is 32.1. The molecule has 0 saturated carbocycles. The van der Waals surface area contributed by atoms with Gasteiger partial charge in [0.05, 0.1) is 28.1 Å². The fourth-order valence-corrected chi connectivity index (χ4v) is 3.50. The lowest BCUT2D eigenvalue weighted by atomic mass is 10.3. The summed E-state index contributed by atoms with van der Waals surface area (Å²) in [6.45, 7) is 2.31. The molecule has 0 aliphatic rings. The Kier molecular flexibility index (Phi) is 2.49. The van der Waals surface area contributed by atoms with Crippen molar-refractivity contribution in [3.63, 3.8) is 0 Å². The minimum Gasteiger partial charge on any atom is -0.323 e. The van der Waals surface area contributed by atoms with Crippen molar-refractivity contribution in [1.82, 2.24) is 29.5 Å². The summed E-state index contributed by atoms with van der Waals surface area (Å²) < 4.78 is 4.29. The number of aromatic amines is 1. The Morgan fingerprint density at radius 3 is 3.05 bits per heavy atom. The number of hydrogen-bond acceptors (Lipinski definition) is 5. The van der Waals surface area contributed by atoms with E-state index in [1.165, 1.54) is 4.68 Å². The van der Waals surface area contributed by atoms with Crippen LogP contribution in [0.4, 0.5) is 0 Å². The molecule has 1 N–H and O–H groups in total. The van der Waals surface area contributed by atoms with Gasteiger partial charge in [0.25, 0.3) is 5.56 Å². The number of fused-ring (bicyclic) bond motifs is 3. The molecule has 4 heterocycles. The maximum atomic E-state index is 12.6. The minimum absolute atomic E-state index is 0.124. The lowest BCUT2D eigenvalue weighted by Gasteiger charge is -2.03. The number of hydrogen-bond donors (Lipinski definition) is 1. The third-order valence-corrected chi connectivity index (χ3v) is 4.50. The molecule has 0 aliphatic heterocycles. The molecule has 4 aromatic rings. The molecule has 4 rings (SSSR count). The van der Waals surface area contributed by atoms with Crippen molar-refractivity contribution in [2.45, 2.75) is 13.5 Å². The number of nitrogens with one attached hydrogen (secondary N) is 1. The minimum atomic E-state index is -0.124. The Morgan fingerprint density at radius 1 is 1.43 bits per heavy atom. The van der Waals surface area contributed by atoms with Crippen LogP contribution in [0.5, 0.6) is 0 Å². The van der Waals surface area contributed by atoms with Gasteiger partial charge < -0.3 is 4.57 Å². The molecule has 0 radical (unpaired) electrons. The molecule has 0 atom stereocenters. The smallest absolute Gasteiger partial charge is 0.291 e. The van der Waals surface area contributed by atoms with Crippen molar-refractivity contribution in [3.8, 4) is 0 Å². The summed E-state index contributed by atoms with van der Waals surface area (Å²) >= 11 is 1.58. The van der Waals surface area contributed by atoms with Gasteiger partial charge in [-0.15, -0.1) is 11.3 Å². The van der Waals surface area contributed by atoms with Gasteiger partial charge >= 0.3 is 0 Å². The van der Waals surface area contributed by atoms with Crippen molar-refractivity contribution in [2.24, 2.45) is 7.05 Å². The second-order valence-electron chi connectivity index (χ2n) is 4.88. The highest BCUT2D eigenvalue weighted by Crippen LogP contribution is 2.30. The molecule has 0 aliphatic carbocycles. The molecule has 106 valence electrons. The van der Waals surface area contributed by atoms with E-state index >= 15 is 0 Å².